The minimum Gasteiger partial charge on any atom is -0.321 e. The van der Waals surface area contributed by atoms with Gasteiger partial charge in [-0.1, -0.05) is 23.8 Å². The van der Waals surface area contributed by atoms with Gasteiger partial charge < -0.3 is 5.32 Å². The van der Waals surface area contributed by atoms with E-state index < -0.39 is 5.91 Å². The molecule has 2 rings (SSSR count). The van der Waals surface area contributed by atoms with Crippen LogP contribution in [0.15, 0.2) is 42.2 Å². The van der Waals surface area contributed by atoms with Crippen molar-refractivity contribution in [1.82, 2.24) is 4.98 Å². The molecule has 1 amide bonds. The number of rotatable bonds is 3. The monoisotopic (exact) mass is 291 g/mol. The van der Waals surface area contributed by atoms with Gasteiger partial charge in [0.05, 0.1) is 0 Å². The average molecular weight is 291 g/mol. The largest absolute Gasteiger partial charge is 0.321 e. The molecule has 1 N–H and O–H groups in total. The van der Waals surface area contributed by atoms with Crippen molar-refractivity contribution in [2.24, 2.45) is 0 Å². The summed E-state index contributed by atoms with van der Waals surface area (Å²) in [4.78, 5) is 16.3. The van der Waals surface area contributed by atoms with Crippen molar-refractivity contribution in [2.75, 3.05) is 5.32 Å². The first-order chi connectivity index (χ1) is 10.5. The second-order valence-corrected chi connectivity index (χ2v) is 5.18. The van der Waals surface area contributed by atoms with Gasteiger partial charge >= 0.3 is 0 Å². The third-order valence-corrected chi connectivity index (χ3v) is 3.28. The van der Waals surface area contributed by atoms with Gasteiger partial charge in [0.1, 0.15) is 11.6 Å². The summed E-state index contributed by atoms with van der Waals surface area (Å²) < 4.78 is 0. The van der Waals surface area contributed by atoms with Crippen LogP contribution in [0.4, 0.5) is 5.69 Å². The predicted octanol–water partition coefficient (Wildman–Crippen LogP) is 3.55. The summed E-state index contributed by atoms with van der Waals surface area (Å²) in [7, 11) is 0. The van der Waals surface area contributed by atoms with E-state index in [1.54, 1.807) is 24.5 Å². The first kappa shape index (κ1) is 15.5. The van der Waals surface area contributed by atoms with E-state index in [0.29, 0.717) is 5.56 Å². The molecule has 0 fully saturated rings. The Bertz CT molecular complexity index is 748. The molecular formula is C18H17N3O. The minimum atomic E-state index is -0.415. The number of hydrogen-bond acceptors (Lipinski definition) is 3. The fraction of sp³-hybridized carbons (Fsp3) is 0.167. The van der Waals surface area contributed by atoms with E-state index in [1.165, 1.54) is 6.08 Å². The minimum absolute atomic E-state index is 0.0485. The SMILES string of the molecule is Cc1cc(C)c(NC(=O)C(C#N)=Cc2cccnc2)c(C)c1. The fourth-order valence-electron chi connectivity index (χ4n) is 2.33. The quantitative estimate of drug-likeness (QED) is 0.694. The summed E-state index contributed by atoms with van der Waals surface area (Å²) >= 11 is 0. The lowest BCUT2D eigenvalue weighted by Crippen LogP contribution is -2.15. The highest BCUT2D eigenvalue weighted by Gasteiger charge is 2.12. The maximum absolute atomic E-state index is 12.3. The van der Waals surface area contributed by atoms with E-state index in [4.69, 9.17) is 0 Å². The van der Waals surface area contributed by atoms with Crippen molar-refractivity contribution in [3.8, 4) is 6.07 Å². The molecule has 110 valence electrons. The Labute approximate surface area is 130 Å². The molecule has 0 spiro atoms. The normalized spacial score (nSPS) is 10.9. The smallest absolute Gasteiger partial charge is 0.266 e. The highest BCUT2D eigenvalue weighted by atomic mass is 16.1. The summed E-state index contributed by atoms with van der Waals surface area (Å²) in [5, 5.41) is 12.0. The number of aromatic nitrogens is 1. The third kappa shape index (κ3) is 3.58. The second kappa shape index (κ2) is 6.68. The predicted molar refractivity (Wildman–Crippen MR) is 87.1 cm³/mol. The van der Waals surface area contributed by atoms with Crippen molar-refractivity contribution in [2.45, 2.75) is 20.8 Å². The van der Waals surface area contributed by atoms with Gasteiger partial charge in [-0.25, -0.2) is 0 Å². The Morgan fingerprint density at radius 2 is 1.95 bits per heavy atom. The third-order valence-electron chi connectivity index (χ3n) is 3.28. The number of hydrogen-bond donors (Lipinski definition) is 1. The van der Waals surface area contributed by atoms with Crippen LogP contribution >= 0.6 is 0 Å². The van der Waals surface area contributed by atoms with Gasteiger partial charge in [0.2, 0.25) is 0 Å². The highest BCUT2D eigenvalue weighted by Crippen LogP contribution is 2.22. The molecule has 22 heavy (non-hydrogen) atoms. The Morgan fingerprint density at radius 3 is 2.50 bits per heavy atom. The van der Waals surface area contributed by atoms with Crippen LogP contribution in [0.25, 0.3) is 6.08 Å². The number of anilines is 1. The highest BCUT2D eigenvalue weighted by molar-refractivity contribution is 6.10. The average Bonchev–Trinajstić information content (AvgIpc) is 2.49. The molecule has 1 aromatic carbocycles. The second-order valence-electron chi connectivity index (χ2n) is 5.18. The molecule has 0 aliphatic carbocycles. The van der Waals surface area contributed by atoms with Crippen LogP contribution < -0.4 is 5.32 Å². The Balaban J connectivity index is 2.28. The molecule has 0 radical (unpaired) electrons. The molecule has 1 aromatic heterocycles. The van der Waals surface area contributed by atoms with E-state index in [2.05, 4.69) is 10.3 Å². The zero-order chi connectivity index (χ0) is 16.1. The Morgan fingerprint density at radius 1 is 1.27 bits per heavy atom. The number of carbonyl (C=O) groups is 1. The van der Waals surface area contributed by atoms with Gasteiger partial charge in [0.25, 0.3) is 5.91 Å². The lowest BCUT2D eigenvalue weighted by molar-refractivity contribution is -0.112. The molecular weight excluding hydrogens is 274 g/mol. The maximum Gasteiger partial charge on any atom is 0.266 e. The fourth-order valence-corrected chi connectivity index (χ4v) is 2.33. The summed E-state index contributed by atoms with van der Waals surface area (Å²) in [6.45, 7) is 5.88. The molecule has 0 saturated carbocycles. The molecule has 4 heteroatoms. The zero-order valence-corrected chi connectivity index (χ0v) is 12.8. The summed E-state index contributed by atoms with van der Waals surface area (Å²) in [5.74, 6) is -0.415. The molecule has 4 nitrogen and oxygen atoms in total. The van der Waals surface area contributed by atoms with Gasteiger partial charge in [-0.2, -0.15) is 5.26 Å². The molecule has 0 aliphatic rings. The standard InChI is InChI=1S/C18H17N3O/c1-12-7-13(2)17(14(3)8-12)21-18(22)16(10-19)9-15-5-4-6-20-11-15/h4-9,11H,1-3H3,(H,21,22). The lowest BCUT2D eigenvalue weighted by Gasteiger charge is -2.12. The van der Waals surface area contributed by atoms with Crippen LogP contribution in [0.1, 0.15) is 22.3 Å². The molecule has 0 aliphatic heterocycles. The number of nitrogens with one attached hydrogen (secondary N) is 1. The van der Waals surface area contributed by atoms with Crippen LogP contribution in [0.5, 0.6) is 0 Å². The van der Waals surface area contributed by atoms with Gasteiger partial charge in [0, 0.05) is 18.1 Å². The number of nitriles is 1. The molecule has 0 unspecified atom stereocenters. The van der Waals surface area contributed by atoms with Crippen LogP contribution in [-0.4, -0.2) is 10.9 Å². The summed E-state index contributed by atoms with van der Waals surface area (Å²) in [6, 6.07) is 9.49. The Kier molecular flexibility index (Phi) is 4.70. The first-order valence-corrected chi connectivity index (χ1v) is 6.92. The number of nitrogens with zero attached hydrogens (tertiary/aromatic N) is 2. The van der Waals surface area contributed by atoms with Crippen LogP contribution in [0.2, 0.25) is 0 Å². The van der Waals surface area contributed by atoms with Crippen molar-refractivity contribution < 1.29 is 4.79 Å². The molecule has 0 saturated heterocycles. The van der Waals surface area contributed by atoms with E-state index in [9.17, 15) is 10.1 Å². The van der Waals surface area contributed by atoms with Gasteiger partial charge in [-0.15, -0.1) is 0 Å². The van der Waals surface area contributed by atoms with Gasteiger partial charge in [-0.3, -0.25) is 9.78 Å². The number of benzene rings is 1. The van der Waals surface area contributed by atoms with Gasteiger partial charge in [0.15, 0.2) is 0 Å². The Hall–Kier alpha value is -2.93. The van der Waals surface area contributed by atoms with E-state index in [1.807, 2.05) is 39.0 Å². The summed E-state index contributed by atoms with van der Waals surface area (Å²) in [6.07, 6.45) is 4.77. The van der Waals surface area contributed by atoms with Crippen LogP contribution in [0.3, 0.4) is 0 Å². The van der Waals surface area contributed by atoms with E-state index >= 15 is 0 Å². The van der Waals surface area contributed by atoms with Crippen LogP contribution in [-0.2, 0) is 4.79 Å². The van der Waals surface area contributed by atoms with E-state index in [-0.39, 0.29) is 5.57 Å². The molecule has 0 atom stereocenters. The lowest BCUT2D eigenvalue weighted by atomic mass is 10.0. The number of amides is 1. The molecule has 0 bridgehead atoms. The van der Waals surface area contributed by atoms with Crippen molar-refractivity contribution in [3.63, 3.8) is 0 Å². The number of pyridine rings is 1. The van der Waals surface area contributed by atoms with E-state index in [0.717, 1.165) is 22.4 Å². The van der Waals surface area contributed by atoms with Crippen molar-refractivity contribution in [1.29, 1.82) is 5.26 Å². The first-order valence-electron chi connectivity index (χ1n) is 6.92. The topological polar surface area (TPSA) is 65.8 Å². The number of aryl methyl sites for hydroxylation is 3. The number of carbonyl (C=O) groups excluding carboxylic acids is 1. The van der Waals surface area contributed by atoms with Crippen molar-refractivity contribution in [3.05, 3.63) is 64.5 Å². The molecule has 2 aromatic rings. The van der Waals surface area contributed by atoms with Crippen molar-refractivity contribution >= 4 is 17.7 Å². The van der Waals surface area contributed by atoms with Crippen LogP contribution in [0, 0.1) is 32.1 Å². The van der Waals surface area contributed by atoms with Gasteiger partial charge in [-0.05, 0) is 49.6 Å². The molecule has 1 heterocycles. The maximum atomic E-state index is 12.3. The zero-order valence-electron chi connectivity index (χ0n) is 12.8. The summed E-state index contributed by atoms with van der Waals surface area (Å²) in [5.41, 5.74) is 4.61.